The van der Waals surface area contributed by atoms with Gasteiger partial charge in [0.2, 0.25) is 0 Å². The van der Waals surface area contributed by atoms with E-state index in [1.54, 1.807) is 0 Å². The Morgan fingerprint density at radius 2 is 1.35 bits per heavy atom. The van der Waals surface area contributed by atoms with Crippen LogP contribution in [0, 0.1) is 0 Å². The molecule has 2 aromatic carbocycles. The molecule has 0 nitrogen and oxygen atoms in total. The Kier molecular flexibility index (Phi) is 3.98. The van der Waals surface area contributed by atoms with E-state index in [2.05, 4.69) is 33.5 Å². The van der Waals surface area contributed by atoms with Crippen molar-refractivity contribution in [3.63, 3.8) is 0 Å². The first-order chi connectivity index (χ1) is 9.70. The molecule has 0 heterocycles. The Bertz CT molecular complexity index is 687. The van der Waals surface area contributed by atoms with Gasteiger partial charge in [-0.25, -0.2) is 0 Å². The van der Waals surface area contributed by atoms with E-state index in [4.69, 9.17) is 23.2 Å². The van der Waals surface area contributed by atoms with E-state index in [-0.39, 0.29) is 5.92 Å². The summed E-state index contributed by atoms with van der Waals surface area (Å²) in [6, 6.07) is 20.5. The van der Waals surface area contributed by atoms with Crippen LogP contribution in [0.1, 0.15) is 17.0 Å². The topological polar surface area (TPSA) is 0 Å². The molecule has 3 heteroatoms. The molecule has 0 saturated carbocycles. The van der Waals surface area contributed by atoms with Crippen LogP contribution >= 0.6 is 32.4 Å². The number of halogens is 2. The minimum absolute atomic E-state index is 0.0141. The summed E-state index contributed by atoms with van der Waals surface area (Å²) >= 11 is 12.9. The Morgan fingerprint density at radius 3 is 1.95 bits per heavy atom. The zero-order valence-electron chi connectivity index (χ0n) is 10.7. The molecule has 3 rings (SSSR count). The normalized spacial score (nSPS) is 18.9. The van der Waals surface area contributed by atoms with Crippen LogP contribution in [0.15, 0.2) is 76.0 Å². The van der Waals surface area contributed by atoms with Gasteiger partial charge in [-0.05, 0) is 22.0 Å². The fourth-order valence-corrected chi connectivity index (χ4v) is 3.68. The van der Waals surface area contributed by atoms with Gasteiger partial charge in [0.1, 0.15) is 0 Å². The van der Waals surface area contributed by atoms with Crippen molar-refractivity contribution in [3.05, 3.63) is 87.2 Å². The number of hydrogen-bond donors (Lipinski definition) is 0. The third kappa shape index (κ3) is 2.33. The van der Waals surface area contributed by atoms with Crippen LogP contribution in [0.25, 0.3) is 5.57 Å². The number of hydrogen-bond acceptors (Lipinski definition) is 0. The number of benzene rings is 2. The molecule has 0 saturated heterocycles. The molecule has 0 fully saturated rings. The SMILES string of the molecule is PC1=C(c2ccccc2)C(c2ccccc2)C(Cl)=C1Cl. The highest BCUT2D eigenvalue weighted by Gasteiger charge is 2.32. The van der Waals surface area contributed by atoms with Crippen molar-refractivity contribution >= 4 is 38.0 Å². The molecule has 2 unspecified atom stereocenters. The first-order valence-electron chi connectivity index (χ1n) is 6.35. The van der Waals surface area contributed by atoms with Gasteiger partial charge in [-0.2, -0.15) is 0 Å². The van der Waals surface area contributed by atoms with Crippen LogP contribution in [0.4, 0.5) is 0 Å². The molecule has 0 aromatic heterocycles. The van der Waals surface area contributed by atoms with Gasteiger partial charge >= 0.3 is 0 Å². The maximum absolute atomic E-state index is 6.50. The molecular weight excluding hydrogens is 306 g/mol. The second-order valence-corrected chi connectivity index (χ2v) is 6.06. The molecule has 1 aliphatic carbocycles. The van der Waals surface area contributed by atoms with Gasteiger partial charge in [-0.3, -0.25) is 0 Å². The highest BCUT2D eigenvalue weighted by atomic mass is 35.5. The molecule has 20 heavy (non-hydrogen) atoms. The average molecular weight is 319 g/mol. The summed E-state index contributed by atoms with van der Waals surface area (Å²) < 4.78 is 0. The molecule has 2 aromatic rings. The largest absolute Gasteiger partial charge is 0.104 e. The quantitative estimate of drug-likeness (QED) is 0.617. The van der Waals surface area contributed by atoms with Crippen LogP contribution in [0.3, 0.4) is 0 Å². The summed E-state index contributed by atoms with van der Waals surface area (Å²) in [6.07, 6.45) is 0. The molecule has 0 aliphatic heterocycles. The summed E-state index contributed by atoms with van der Waals surface area (Å²) in [6.45, 7) is 0. The van der Waals surface area contributed by atoms with Gasteiger partial charge in [-0.15, -0.1) is 9.24 Å². The molecule has 0 N–H and O–H groups in total. The van der Waals surface area contributed by atoms with Crippen LogP contribution in [0.5, 0.6) is 0 Å². The maximum Gasteiger partial charge on any atom is 0.0635 e. The standard InChI is InChI=1S/C17H13Cl2P/c18-15-13(11-7-3-1-4-8-11)14(17(20)16(15)19)12-9-5-2-6-10-12/h1-10,13H,20H2. The van der Waals surface area contributed by atoms with Crippen LogP contribution < -0.4 is 0 Å². The first-order valence-corrected chi connectivity index (χ1v) is 7.69. The van der Waals surface area contributed by atoms with Gasteiger partial charge in [0.15, 0.2) is 0 Å². The zero-order chi connectivity index (χ0) is 14.1. The van der Waals surface area contributed by atoms with Crippen molar-refractivity contribution in [2.45, 2.75) is 5.92 Å². The predicted molar refractivity (Wildman–Crippen MR) is 91.0 cm³/mol. The Hall–Kier alpha value is -1.07. The fourth-order valence-electron chi connectivity index (χ4n) is 2.55. The third-order valence-corrected chi connectivity index (χ3v) is 5.19. The third-order valence-electron chi connectivity index (χ3n) is 3.50. The van der Waals surface area contributed by atoms with Gasteiger partial charge in [0, 0.05) is 11.0 Å². The van der Waals surface area contributed by atoms with E-state index in [9.17, 15) is 0 Å². The molecular formula is C17H13Cl2P. The highest BCUT2D eigenvalue weighted by Crippen LogP contribution is 2.53. The smallest absolute Gasteiger partial charge is 0.0635 e. The molecule has 1 aliphatic rings. The van der Waals surface area contributed by atoms with E-state index in [0.717, 1.165) is 22.0 Å². The summed E-state index contributed by atoms with van der Waals surface area (Å²) in [5, 5.41) is 2.32. The Labute approximate surface area is 131 Å². The van der Waals surface area contributed by atoms with Crippen LogP contribution in [0.2, 0.25) is 0 Å². The van der Waals surface area contributed by atoms with Crippen LogP contribution in [-0.2, 0) is 0 Å². The summed E-state index contributed by atoms with van der Waals surface area (Å²) in [4.78, 5) is 0. The van der Waals surface area contributed by atoms with E-state index in [1.165, 1.54) is 0 Å². The summed E-state index contributed by atoms with van der Waals surface area (Å²) in [5.41, 5.74) is 3.48. The Morgan fingerprint density at radius 1 is 0.800 bits per heavy atom. The Balaban J connectivity index is 2.17. The maximum atomic E-state index is 6.50. The van der Waals surface area contributed by atoms with E-state index in [0.29, 0.717) is 10.1 Å². The average Bonchev–Trinajstić information content (AvgIpc) is 2.73. The van der Waals surface area contributed by atoms with Gasteiger partial charge < -0.3 is 0 Å². The second-order valence-electron chi connectivity index (χ2n) is 4.70. The van der Waals surface area contributed by atoms with E-state index in [1.807, 2.05) is 36.4 Å². The van der Waals surface area contributed by atoms with Crippen LogP contribution in [-0.4, -0.2) is 0 Å². The van der Waals surface area contributed by atoms with Crippen molar-refractivity contribution < 1.29 is 0 Å². The van der Waals surface area contributed by atoms with Gasteiger partial charge in [-0.1, -0.05) is 83.9 Å². The molecule has 0 bridgehead atoms. The highest BCUT2D eigenvalue weighted by molar-refractivity contribution is 7.24. The zero-order valence-corrected chi connectivity index (χ0v) is 13.4. The monoisotopic (exact) mass is 318 g/mol. The van der Waals surface area contributed by atoms with E-state index < -0.39 is 0 Å². The molecule has 0 amide bonds. The van der Waals surface area contributed by atoms with E-state index >= 15 is 0 Å². The molecule has 0 spiro atoms. The summed E-state index contributed by atoms with van der Waals surface area (Å²) in [7, 11) is 2.73. The lowest BCUT2D eigenvalue weighted by Gasteiger charge is -2.17. The molecule has 2 atom stereocenters. The van der Waals surface area contributed by atoms with Crippen molar-refractivity contribution in [1.29, 1.82) is 0 Å². The number of rotatable bonds is 2. The van der Waals surface area contributed by atoms with Gasteiger partial charge in [0.25, 0.3) is 0 Å². The second kappa shape index (κ2) is 5.74. The predicted octanol–water partition coefficient (Wildman–Crippen LogP) is 5.76. The number of allylic oxidation sites excluding steroid dienone is 4. The fraction of sp³-hybridized carbons (Fsp3) is 0.0588. The molecule has 100 valence electrons. The summed E-state index contributed by atoms with van der Waals surface area (Å²) in [5.74, 6) is 0.0141. The van der Waals surface area contributed by atoms with Crippen molar-refractivity contribution in [3.8, 4) is 0 Å². The van der Waals surface area contributed by atoms with Crippen molar-refractivity contribution in [2.24, 2.45) is 0 Å². The lowest BCUT2D eigenvalue weighted by molar-refractivity contribution is 1.10. The molecule has 0 radical (unpaired) electrons. The lowest BCUT2D eigenvalue weighted by Crippen LogP contribution is -1.99. The minimum Gasteiger partial charge on any atom is -0.104 e. The lowest BCUT2D eigenvalue weighted by atomic mass is 9.89. The first kappa shape index (κ1) is 13.9. The van der Waals surface area contributed by atoms with Crippen molar-refractivity contribution in [1.82, 2.24) is 0 Å². The minimum atomic E-state index is 0.0141. The van der Waals surface area contributed by atoms with Gasteiger partial charge in [0.05, 0.1) is 5.03 Å². The van der Waals surface area contributed by atoms with Crippen molar-refractivity contribution in [2.75, 3.05) is 0 Å².